The minimum absolute atomic E-state index is 0.436. The van der Waals surface area contributed by atoms with Gasteiger partial charge in [-0.25, -0.2) is 0 Å². The van der Waals surface area contributed by atoms with Crippen molar-refractivity contribution in [3.05, 3.63) is 29.6 Å². The van der Waals surface area contributed by atoms with E-state index in [9.17, 15) is 0 Å². The van der Waals surface area contributed by atoms with Gasteiger partial charge in [-0.15, -0.1) is 0 Å². The first-order valence-electron chi connectivity index (χ1n) is 6.32. The average molecular weight is 296 g/mol. The summed E-state index contributed by atoms with van der Waals surface area (Å²) in [6.07, 6.45) is 2.98. The highest BCUT2D eigenvalue weighted by molar-refractivity contribution is 9.09. The summed E-state index contributed by atoms with van der Waals surface area (Å²) in [6, 6.07) is 4.29. The summed E-state index contributed by atoms with van der Waals surface area (Å²) in [5.41, 5.74) is 3.29. The third kappa shape index (κ3) is 2.16. The smallest absolute Gasteiger partial charge is 0.0415 e. The summed E-state index contributed by atoms with van der Waals surface area (Å²) in [7, 11) is 0. The maximum Gasteiger partial charge on any atom is 0.0415 e. The minimum Gasteiger partial charge on any atom is -0.261 e. The Balaban J connectivity index is 2.04. The second-order valence-electron chi connectivity index (χ2n) is 6.47. The Kier molecular flexibility index (Phi) is 3.14. The SMILES string of the molecule is Cc1ccc(CC(Br)C2C(C)(C)C2(C)C)nc1. The summed E-state index contributed by atoms with van der Waals surface area (Å²) >= 11 is 3.87. The Morgan fingerprint density at radius 3 is 2.24 bits per heavy atom. The second kappa shape index (κ2) is 4.08. The van der Waals surface area contributed by atoms with Gasteiger partial charge in [-0.05, 0) is 35.3 Å². The quantitative estimate of drug-likeness (QED) is 0.754. The Labute approximate surface area is 113 Å². The molecule has 0 N–H and O–H groups in total. The van der Waals surface area contributed by atoms with E-state index in [-0.39, 0.29) is 0 Å². The van der Waals surface area contributed by atoms with Crippen LogP contribution in [0.15, 0.2) is 18.3 Å². The number of aromatic nitrogens is 1. The summed E-state index contributed by atoms with van der Waals surface area (Å²) in [5.74, 6) is 0.734. The van der Waals surface area contributed by atoms with Crippen LogP contribution in [0.3, 0.4) is 0 Å². The van der Waals surface area contributed by atoms with Crippen LogP contribution in [0.5, 0.6) is 0 Å². The van der Waals surface area contributed by atoms with Crippen molar-refractivity contribution in [1.29, 1.82) is 0 Å². The van der Waals surface area contributed by atoms with Gasteiger partial charge in [0.05, 0.1) is 0 Å². The molecule has 0 radical (unpaired) electrons. The Hall–Kier alpha value is -0.370. The zero-order valence-corrected chi connectivity index (χ0v) is 13.0. The lowest BCUT2D eigenvalue weighted by Gasteiger charge is -2.11. The molecule has 0 bridgehead atoms. The van der Waals surface area contributed by atoms with Crippen molar-refractivity contribution in [2.45, 2.75) is 45.9 Å². The molecule has 0 saturated heterocycles. The molecule has 0 aliphatic heterocycles. The third-order valence-electron chi connectivity index (χ3n) is 4.87. The molecule has 0 aromatic carbocycles. The van der Waals surface area contributed by atoms with Crippen LogP contribution >= 0.6 is 15.9 Å². The van der Waals surface area contributed by atoms with Crippen molar-refractivity contribution in [3.8, 4) is 0 Å². The van der Waals surface area contributed by atoms with Crippen molar-refractivity contribution in [1.82, 2.24) is 4.98 Å². The molecule has 1 aromatic heterocycles. The zero-order chi connectivity index (χ0) is 12.8. The summed E-state index contributed by atoms with van der Waals surface area (Å²) in [6.45, 7) is 11.6. The number of pyridine rings is 1. The number of aryl methyl sites for hydroxylation is 1. The van der Waals surface area contributed by atoms with Gasteiger partial charge in [-0.3, -0.25) is 4.98 Å². The van der Waals surface area contributed by atoms with Gasteiger partial charge >= 0.3 is 0 Å². The van der Waals surface area contributed by atoms with Gasteiger partial charge < -0.3 is 0 Å². The van der Waals surface area contributed by atoms with Gasteiger partial charge in [-0.1, -0.05) is 49.7 Å². The first-order valence-corrected chi connectivity index (χ1v) is 7.24. The molecule has 1 saturated carbocycles. The fraction of sp³-hybridized carbons (Fsp3) is 0.667. The Morgan fingerprint density at radius 1 is 1.24 bits per heavy atom. The van der Waals surface area contributed by atoms with Crippen LogP contribution < -0.4 is 0 Å². The molecule has 1 aromatic rings. The largest absolute Gasteiger partial charge is 0.261 e. The normalized spacial score (nSPS) is 23.4. The molecular formula is C15H22BrN. The van der Waals surface area contributed by atoms with Crippen molar-refractivity contribution in [2.75, 3.05) is 0 Å². The number of hydrogen-bond donors (Lipinski definition) is 0. The van der Waals surface area contributed by atoms with Crippen LogP contribution in [0.1, 0.15) is 39.0 Å². The van der Waals surface area contributed by atoms with Gasteiger partial charge in [0.1, 0.15) is 0 Å². The van der Waals surface area contributed by atoms with Gasteiger partial charge in [0, 0.05) is 23.1 Å². The molecule has 94 valence electrons. The fourth-order valence-corrected chi connectivity index (χ4v) is 4.74. The summed E-state index contributed by atoms with van der Waals surface area (Å²) in [5, 5.41) is 0. The van der Waals surface area contributed by atoms with Crippen molar-refractivity contribution >= 4 is 15.9 Å². The maximum atomic E-state index is 4.49. The molecule has 1 nitrogen and oxygen atoms in total. The van der Waals surface area contributed by atoms with E-state index in [0.717, 1.165) is 12.3 Å². The van der Waals surface area contributed by atoms with E-state index >= 15 is 0 Å². The lowest BCUT2D eigenvalue weighted by Crippen LogP contribution is -2.11. The topological polar surface area (TPSA) is 12.9 Å². The predicted octanol–water partition coefficient (Wildman–Crippen LogP) is 4.38. The van der Waals surface area contributed by atoms with E-state index < -0.39 is 0 Å². The molecule has 2 heteroatoms. The van der Waals surface area contributed by atoms with E-state index in [4.69, 9.17) is 0 Å². The standard InChI is InChI=1S/C15H22BrN/c1-10-6-7-11(17-9-10)8-12(16)13-14(2,3)15(13,4)5/h6-7,9,12-13H,8H2,1-5H3. The zero-order valence-electron chi connectivity index (χ0n) is 11.4. The molecule has 1 aliphatic carbocycles. The number of alkyl halides is 1. The van der Waals surface area contributed by atoms with Crippen LogP contribution in [-0.4, -0.2) is 9.81 Å². The van der Waals surface area contributed by atoms with E-state index in [1.807, 2.05) is 6.20 Å². The molecule has 2 rings (SSSR count). The number of rotatable bonds is 3. The molecule has 0 amide bonds. The van der Waals surface area contributed by atoms with Crippen molar-refractivity contribution < 1.29 is 0 Å². The van der Waals surface area contributed by atoms with Crippen LogP contribution in [-0.2, 0) is 6.42 Å². The van der Waals surface area contributed by atoms with Crippen molar-refractivity contribution in [2.24, 2.45) is 16.7 Å². The molecule has 1 atom stereocenters. The van der Waals surface area contributed by atoms with Crippen LogP contribution in [0.25, 0.3) is 0 Å². The monoisotopic (exact) mass is 295 g/mol. The van der Waals surface area contributed by atoms with Crippen LogP contribution in [0, 0.1) is 23.7 Å². The highest BCUT2D eigenvalue weighted by atomic mass is 79.9. The number of nitrogens with zero attached hydrogens (tertiary/aromatic N) is 1. The van der Waals surface area contributed by atoms with E-state index in [1.54, 1.807) is 0 Å². The van der Waals surface area contributed by atoms with E-state index in [1.165, 1.54) is 11.3 Å². The predicted molar refractivity (Wildman–Crippen MR) is 76.4 cm³/mol. The number of halogens is 1. The summed E-state index contributed by atoms with van der Waals surface area (Å²) < 4.78 is 0. The van der Waals surface area contributed by atoms with E-state index in [2.05, 4.69) is 67.7 Å². The van der Waals surface area contributed by atoms with Crippen molar-refractivity contribution in [3.63, 3.8) is 0 Å². The summed E-state index contributed by atoms with van der Waals surface area (Å²) in [4.78, 5) is 5.02. The van der Waals surface area contributed by atoms with Crippen LogP contribution in [0.4, 0.5) is 0 Å². The van der Waals surface area contributed by atoms with Gasteiger partial charge in [0.25, 0.3) is 0 Å². The maximum absolute atomic E-state index is 4.49. The van der Waals surface area contributed by atoms with Gasteiger partial charge in [0.15, 0.2) is 0 Å². The first-order chi connectivity index (χ1) is 7.76. The fourth-order valence-electron chi connectivity index (χ4n) is 3.09. The average Bonchev–Trinajstić information content (AvgIpc) is 2.61. The Morgan fingerprint density at radius 2 is 1.82 bits per heavy atom. The lowest BCUT2D eigenvalue weighted by atomic mass is 10.0. The van der Waals surface area contributed by atoms with E-state index in [0.29, 0.717) is 15.7 Å². The third-order valence-corrected chi connectivity index (χ3v) is 5.72. The molecular weight excluding hydrogens is 274 g/mol. The number of hydrogen-bond acceptors (Lipinski definition) is 1. The highest BCUT2D eigenvalue weighted by Gasteiger charge is 2.66. The Bertz CT molecular complexity index is 391. The molecule has 1 unspecified atom stereocenters. The lowest BCUT2D eigenvalue weighted by molar-refractivity contribution is 0.457. The van der Waals surface area contributed by atoms with Gasteiger partial charge in [0.2, 0.25) is 0 Å². The molecule has 1 heterocycles. The van der Waals surface area contributed by atoms with Crippen LogP contribution in [0.2, 0.25) is 0 Å². The minimum atomic E-state index is 0.436. The molecule has 0 spiro atoms. The highest BCUT2D eigenvalue weighted by Crippen LogP contribution is 2.70. The molecule has 1 aliphatic rings. The first kappa shape index (κ1) is 13.1. The molecule has 17 heavy (non-hydrogen) atoms. The molecule has 1 fully saturated rings. The second-order valence-corrected chi connectivity index (χ2v) is 7.64. The van der Waals surface area contributed by atoms with Gasteiger partial charge in [-0.2, -0.15) is 0 Å².